The Bertz CT molecular complexity index is 1130. The maximum atomic E-state index is 13.0. The van der Waals surface area contributed by atoms with Crippen LogP contribution >= 0.6 is 0 Å². The number of nitriles is 1. The van der Waals surface area contributed by atoms with E-state index in [2.05, 4.69) is 16.0 Å². The van der Waals surface area contributed by atoms with Crippen molar-refractivity contribution in [2.75, 3.05) is 26.2 Å². The molecule has 146 valence electrons. The lowest BCUT2D eigenvalue weighted by atomic mass is 10.1. The van der Waals surface area contributed by atoms with E-state index >= 15 is 0 Å². The lowest BCUT2D eigenvalue weighted by molar-refractivity contribution is 0.0758. The molecule has 3 aromatic rings. The molecule has 0 aliphatic carbocycles. The van der Waals surface area contributed by atoms with E-state index in [0.717, 1.165) is 31.6 Å². The zero-order valence-corrected chi connectivity index (χ0v) is 16.0. The van der Waals surface area contributed by atoms with Gasteiger partial charge < -0.3 is 4.90 Å². The average Bonchev–Trinajstić information content (AvgIpc) is 3.00. The molecule has 0 saturated carbocycles. The zero-order chi connectivity index (χ0) is 20.2. The SMILES string of the molecule is N#Cc1ccc(CN2CCCN(C(=O)c3cnc4ccccn4c3=O)CC2)cc1. The highest BCUT2D eigenvalue weighted by Gasteiger charge is 2.23. The van der Waals surface area contributed by atoms with Crippen molar-refractivity contribution in [1.82, 2.24) is 19.2 Å². The molecular weight excluding hydrogens is 366 g/mol. The van der Waals surface area contributed by atoms with Gasteiger partial charge in [-0.15, -0.1) is 0 Å². The quantitative estimate of drug-likeness (QED) is 0.686. The monoisotopic (exact) mass is 387 g/mol. The molecule has 1 aliphatic heterocycles. The molecule has 2 aromatic heterocycles. The largest absolute Gasteiger partial charge is 0.337 e. The third-order valence-electron chi connectivity index (χ3n) is 5.21. The van der Waals surface area contributed by atoms with Crippen molar-refractivity contribution in [2.24, 2.45) is 0 Å². The molecule has 7 heteroatoms. The Labute approximate surface area is 168 Å². The Balaban J connectivity index is 1.45. The second-order valence-corrected chi connectivity index (χ2v) is 7.14. The van der Waals surface area contributed by atoms with E-state index < -0.39 is 0 Å². The molecule has 0 unspecified atom stereocenters. The second-order valence-electron chi connectivity index (χ2n) is 7.14. The van der Waals surface area contributed by atoms with Crippen LogP contribution in [0.4, 0.5) is 0 Å². The van der Waals surface area contributed by atoms with E-state index in [0.29, 0.717) is 24.3 Å². The van der Waals surface area contributed by atoms with Gasteiger partial charge in [-0.1, -0.05) is 18.2 Å². The summed E-state index contributed by atoms with van der Waals surface area (Å²) in [4.78, 5) is 34.0. The third-order valence-corrected chi connectivity index (χ3v) is 5.21. The van der Waals surface area contributed by atoms with Crippen LogP contribution in [0.3, 0.4) is 0 Å². The standard InChI is InChI=1S/C22H21N5O2/c23-14-17-5-7-18(8-6-17)16-25-9-3-10-26(13-12-25)21(28)19-15-24-20-4-1-2-11-27(20)22(19)29/h1-2,4-8,11,15H,3,9-10,12-13,16H2. The first kappa shape index (κ1) is 18.8. The number of aromatic nitrogens is 2. The minimum Gasteiger partial charge on any atom is -0.337 e. The minimum absolute atomic E-state index is 0.106. The number of pyridine rings is 1. The normalized spacial score (nSPS) is 15.1. The van der Waals surface area contributed by atoms with Gasteiger partial charge in [0.2, 0.25) is 0 Å². The second kappa shape index (κ2) is 8.25. The first-order chi connectivity index (χ1) is 14.2. The van der Waals surface area contributed by atoms with E-state index in [1.165, 1.54) is 10.6 Å². The third kappa shape index (κ3) is 4.03. The molecule has 1 aromatic carbocycles. The molecule has 1 saturated heterocycles. The van der Waals surface area contributed by atoms with Crippen LogP contribution in [0.5, 0.6) is 0 Å². The van der Waals surface area contributed by atoms with E-state index in [1.807, 2.05) is 24.3 Å². The molecule has 0 atom stereocenters. The first-order valence-electron chi connectivity index (χ1n) is 9.63. The summed E-state index contributed by atoms with van der Waals surface area (Å²) in [6.45, 7) is 3.55. The molecule has 29 heavy (non-hydrogen) atoms. The zero-order valence-electron chi connectivity index (χ0n) is 16.0. The van der Waals surface area contributed by atoms with Gasteiger partial charge in [-0.2, -0.15) is 5.26 Å². The van der Waals surface area contributed by atoms with E-state index in [1.54, 1.807) is 29.3 Å². The van der Waals surface area contributed by atoms with Crippen molar-refractivity contribution in [3.63, 3.8) is 0 Å². The van der Waals surface area contributed by atoms with Crippen molar-refractivity contribution in [3.05, 3.63) is 81.9 Å². The summed E-state index contributed by atoms with van der Waals surface area (Å²) in [5.41, 5.74) is 2.09. The lowest BCUT2D eigenvalue weighted by Crippen LogP contribution is -2.38. The van der Waals surface area contributed by atoms with Crippen LogP contribution in [0.2, 0.25) is 0 Å². The number of hydrogen-bond acceptors (Lipinski definition) is 5. The summed E-state index contributed by atoms with van der Waals surface area (Å²) in [7, 11) is 0. The summed E-state index contributed by atoms with van der Waals surface area (Å²) in [5.74, 6) is -0.263. The summed E-state index contributed by atoms with van der Waals surface area (Å²) in [5, 5.41) is 8.91. The Morgan fingerprint density at radius 1 is 1.07 bits per heavy atom. The number of hydrogen-bond donors (Lipinski definition) is 0. The number of carbonyl (C=O) groups is 1. The fourth-order valence-corrected chi connectivity index (χ4v) is 3.62. The fraction of sp³-hybridized carbons (Fsp3) is 0.273. The van der Waals surface area contributed by atoms with Crippen LogP contribution in [-0.2, 0) is 6.54 Å². The Morgan fingerprint density at radius 3 is 2.69 bits per heavy atom. The van der Waals surface area contributed by atoms with E-state index in [9.17, 15) is 9.59 Å². The summed E-state index contributed by atoms with van der Waals surface area (Å²) in [6, 6.07) is 15.0. The summed E-state index contributed by atoms with van der Waals surface area (Å²) < 4.78 is 1.41. The minimum atomic E-state index is -0.334. The van der Waals surface area contributed by atoms with Gasteiger partial charge >= 0.3 is 0 Å². The molecule has 0 N–H and O–H groups in total. The van der Waals surface area contributed by atoms with E-state index in [-0.39, 0.29) is 17.0 Å². The highest BCUT2D eigenvalue weighted by Crippen LogP contribution is 2.12. The van der Waals surface area contributed by atoms with Gasteiger partial charge in [0.25, 0.3) is 11.5 Å². The summed E-state index contributed by atoms with van der Waals surface area (Å²) >= 11 is 0. The van der Waals surface area contributed by atoms with Gasteiger partial charge in [0.1, 0.15) is 11.2 Å². The number of rotatable bonds is 3. The van der Waals surface area contributed by atoms with Gasteiger partial charge in [-0.3, -0.25) is 18.9 Å². The smallest absolute Gasteiger partial charge is 0.270 e. The number of carbonyl (C=O) groups excluding carboxylic acids is 1. The van der Waals surface area contributed by atoms with Gasteiger partial charge in [0, 0.05) is 45.1 Å². The van der Waals surface area contributed by atoms with Gasteiger partial charge in [-0.25, -0.2) is 4.98 Å². The molecule has 0 radical (unpaired) electrons. The van der Waals surface area contributed by atoms with Crippen molar-refractivity contribution < 1.29 is 4.79 Å². The van der Waals surface area contributed by atoms with E-state index in [4.69, 9.17) is 5.26 Å². The lowest BCUT2D eigenvalue weighted by Gasteiger charge is -2.22. The number of amides is 1. The molecule has 1 amide bonds. The molecule has 4 rings (SSSR count). The van der Waals surface area contributed by atoms with Crippen LogP contribution in [0.1, 0.15) is 27.9 Å². The van der Waals surface area contributed by atoms with Crippen molar-refractivity contribution in [2.45, 2.75) is 13.0 Å². The highest BCUT2D eigenvalue weighted by molar-refractivity contribution is 5.93. The predicted octanol–water partition coefficient (Wildman–Crippen LogP) is 1.91. The van der Waals surface area contributed by atoms with Crippen LogP contribution in [0, 0.1) is 11.3 Å². The van der Waals surface area contributed by atoms with Gasteiger partial charge in [0.15, 0.2) is 0 Å². The first-order valence-corrected chi connectivity index (χ1v) is 9.63. The molecular formula is C22H21N5O2. The average molecular weight is 387 g/mol. The topological polar surface area (TPSA) is 81.7 Å². The van der Waals surface area contributed by atoms with Crippen LogP contribution in [-0.4, -0.2) is 51.3 Å². The van der Waals surface area contributed by atoms with Crippen LogP contribution in [0.25, 0.3) is 5.65 Å². The Kier molecular flexibility index (Phi) is 5.36. The molecule has 1 fully saturated rings. The summed E-state index contributed by atoms with van der Waals surface area (Å²) in [6.07, 6.45) is 3.85. The molecule has 3 heterocycles. The fourth-order valence-electron chi connectivity index (χ4n) is 3.62. The Morgan fingerprint density at radius 2 is 1.90 bits per heavy atom. The van der Waals surface area contributed by atoms with Crippen LogP contribution in [0.15, 0.2) is 59.7 Å². The van der Waals surface area contributed by atoms with Gasteiger partial charge in [0.05, 0.1) is 11.6 Å². The molecule has 0 bridgehead atoms. The predicted molar refractivity (Wildman–Crippen MR) is 108 cm³/mol. The maximum absolute atomic E-state index is 13.0. The van der Waals surface area contributed by atoms with Gasteiger partial charge in [-0.05, 0) is 36.2 Å². The molecule has 0 spiro atoms. The van der Waals surface area contributed by atoms with Crippen LogP contribution < -0.4 is 5.56 Å². The molecule has 7 nitrogen and oxygen atoms in total. The molecule has 1 aliphatic rings. The number of benzene rings is 1. The van der Waals surface area contributed by atoms with Crippen molar-refractivity contribution in [1.29, 1.82) is 5.26 Å². The Hall–Kier alpha value is -3.50. The highest BCUT2D eigenvalue weighted by atomic mass is 16.2. The maximum Gasteiger partial charge on any atom is 0.270 e. The number of fused-ring (bicyclic) bond motifs is 1. The number of nitrogens with zero attached hydrogens (tertiary/aromatic N) is 5. The van der Waals surface area contributed by atoms with Crippen molar-refractivity contribution >= 4 is 11.6 Å². The van der Waals surface area contributed by atoms with Crippen molar-refractivity contribution in [3.8, 4) is 6.07 Å².